The van der Waals surface area contributed by atoms with Crippen LogP contribution in [-0.4, -0.2) is 50.3 Å². The van der Waals surface area contributed by atoms with Crippen LogP contribution < -0.4 is 0 Å². The van der Waals surface area contributed by atoms with Gasteiger partial charge in [0.15, 0.2) is 0 Å². The van der Waals surface area contributed by atoms with Gasteiger partial charge < -0.3 is 18.9 Å². The summed E-state index contributed by atoms with van der Waals surface area (Å²) >= 11 is 4.78. The highest BCUT2D eigenvalue weighted by molar-refractivity contribution is 7.80. The highest BCUT2D eigenvalue weighted by Gasteiger charge is 2.28. The van der Waals surface area contributed by atoms with E-state index in [-0.39, 0.29) is 77.2 Å². The van der Waals surface area contributed by atoms with Gasteiger partial charge in [-0.05, 0) is 89.8 Å². The molecule has 4 aromatic carbocycles. The van der Waals surface area contributed by atoms with Crippen LogP contribution in [0.5, 0.6) is 0 Å². The van der Waals surface area contributed by atoms with Gasteiger partial charge in [-0.1, -0.05) is 205 Å². The number of carbonyl (C=O) groups is 4. The van der Waals surface area contributed by atoms with Gasteiger partial charge in [0.25, 0.3) is 0 Å². The fourth-order valence-corrected chi connectivity index (χ4v) is 8.57. The van der Waals surface area contributed by atoms with E-state index in [1.807, 2.05) is 12.1 Å². The third-order valence-corrected chi connectivity index (χ3v) is 13.7. The summed E-state index contributed by atoms with van der Waals surface area (Å²) in [5.74, 6) is -1.58. The largest absolute Gasteiger partial charge is 0.462 e. The lowest BCUT2D eigenvalue weighted by molar-refractivity contribution is 0.0381. The molecule has 0 saturated heterocycles. The van der Waals surface area contributed by atoms with Crippen molar-refractivity contribution in [2.75, 3.05) is 26.4 Å². The molecule has 69 heavy (non-hydrogen) atoms. The second kappa shape index (κ2) is 33.6. The molecule has 0 aliphatic rings. The highest BCUT2D eigenvalue weighted by atomic mass is 32.1. The van der Waals surface area contributed by atoms with Gasteiger partial charge in [-0.15, -0.1) is 12.6 Å². The summed E-state index contributed by atoms with van der Waals surface area (Å²) < 4.78 is 23.4. The smallest absolute Gasteiger partial charge is 0.339 e. The van der Waals surface area contributed by atoms with E-state index in [2.05, 4.69) is 104 Å². The predicted octanol–water partition coefficient (Wildman–Crippen LogP) is 16.5. The van der Waals surface area contributed by atoms with Crippen LogP contribution in [0.25, 0.3) is 22.3 Å². The van der Waals surface area contributed by atoms with Gasteiger partial charge in [0.2, 0.25) is 0 Å². The third-order valence-electron chi connectivity index (χ3n) is 13.2. The maximum Gasteiger partial charge on any atom is 0.339 e. The van der Waals surface area contributed by atoms with Crippen LogP contribution in [0.2, 0.25) is 0 Å². The molecule has 4 rings (SSSR count). The van der Waals surface area contributed by atoms with Crippen LogP contribution in [0.4, 0.5) is 0 Å². The quantitative estimate of drug-likeness (QED) is 0.0313. The van der Waals surface area contributed by atoms with E-state index < -0.39 is 23.9 Å². The second-order valence-corrected chi connectivity index (χ2v) is 18.9. The minimum absolute atomic E-state index is 0.0521. The Labute approximate surface area is 421 Å². The maximum absolute atomic E-state index is 14.1. The zero-order valence-electron chi connectivity index (χ0n) is 43.3. The summed E-state index contributed by atoms with van der Waals surface area (Å²) in [6.45, 7) is 17.9. The van der Waals surface area contributed by atoms with Crippen molar-refractivity contribution in [1.82, 2.24) is 0 Å². The Morgan fingerprint density at radius 3 is 1.13 bits per heavy atom. The molecule has 8 nitrogen and oxygen atoms in total. The maximum atomic E-state index is 14.1. The fraction of sp³-hybridized carbons (Fsp3) is 0.533. The Balaban J connectivity index is 0.000000898. The van der Waals surface area contributed by atoms with Gasteiger partial charge in [-0.3, -0.25) is 0 Å². The van der Waals surface area contributed by atoms with Gasteiger partial charge in [-0.25, -0.2) is 19.2 Å². The Bertz CT molecular complexity index is 2060. The van der Waals surface area contributed by atoms with Crippen molar-refractivity contribution in [3.8, 4) is 22.3 Å². The number of carbonyl (C=O) groups excluding carboxylic acids is 4. The van der Waals surface area contributed by atoms with Crippen molar-refractivity contribution < 1.29 is 38.1 Å². The van der Waals surface area contributed by atoms with Crippen LogP contribution in [0.3, 0.4) is 0 Å². The van der Waals surface area contributed by atoms with E-state index in [1.54, 1.807) is 30.3 Å². The number of unbranched alkanes of at least 4 members (excludes halogenated alkanes) is 4. The van der Waals surface area contributed by atoms with Gasteiger partial charge >= 0.3 is 23.9 Å². The zero-order valence-corrected chi connectivity index (χ0v) is 44.2. The Hall–Kier alpha value is -4.89. The second-order valence-electron chi connectivity index (χ2n) is 18.4. The van der Waals surface area contributed by atoms with Crippen molar-refractivity contribution in [3.63, 3.8) is 0 Å². The van der Waals surface area contributed by atoms with Crippen molar-refractivity contribution in [1.29, 1.82) is 0 Å². The monoisotopic (exact) mass is 965 g/mol. The molecule has 378 valence electrons. The van der Waals surface area contributed by atoms with Crippen LogP contribution in [0.15, 0.2) is 95.9 Å². The number of hydrogen-bond acceptors (Lipinski definition) is 9. The number of hydrogen-bond donors (Lipinski definition) is 1. The molecule has 0 radical (unpaired) electrons. The number of benzene rings is 4. The minimum Gasteiger partial charge on any atom is -0.462 e. The molecule has 0 saturated carbocycles. The summed E-state index contributed by atoms with van der Waals surface area (Å²) in [5.41, 5.74) is 3.83. The Kier molecular flexibility index (Phi) is 28.5. The SMILES string of the molecule is CCCCC(CC)COC(=O)c1ccc(-c2ccc(C(=O)OCC(CC)CCCC)c(S)c2C(=O)OCC(CC)CCCC)cc1C(=O)OCC(CC)CCCC.c1ccc(-c2ccccc2)cc1. The summed E-state index contributed by atoms with van der Waals surface area (Å²) in [6.07, 6.45) is 15.6. The van der Waals surface area contributed by atoms with Crippen LogP contribution in [-0.2, 0) is 18.9 Å². The lowest BCUT2D eigenvalue weighted by atomic mass is 9.93. The number of thiol groups is 1. The molecule has 0 N–H and O–H groups in total. The number of ether oxygens (including phenoxy) is 4. The van der Waals surface area contributed by atoms with Crippen molar-refractivity contribution in [2.24, 2.45) is 23.7 Å². The zero-order chi connectivity index (χ0) is 50.4. The molecule has 4 unspecified atom stereocenters. The lowest BCUT2D eigenvalue weighted by Crippen LogP contribution is -2.20. The first-order valence-corrected chi connectivity index (χ1v) is 26.7. The number of rotatable bonds is 30. The highest BCUT2D eigenvalue weighted by Crippen LogP contribution is 2.35. The van der Waals surface area contributed by atoms with Crippen LogP contribution in [0, 0.1) is 23.7 Å². The molecule has 0 heterocycles. The topological polar surface area (TPSA) is 105 Å². The average molecular weight is 965 g/mol. The fourth-order valence-electron chi connectivity index (χ4n) is 8.19. The van der Waals surface area contributed by atoms with Crippen LogP contribution in [0.1, 0.15) is 200 Å². The Morgan fingerprint density at radius 1 is 0.406 bits per heavy atom. The molecular formula is C60H84O8S. The van der Waals surface area contributed by atoms with Crippen molar-refractivity contribution >= 4 is 36.5 Å². The van der Waals surface area contributed by atoms with Gasteiger partial charge in [0, 0.05) is 4.90 Å². The van der Waals surface area contributed by atoms with E-state index in [0.717, 1.165) is 103 Å². The summed E-state index contributed by atoms with van der Waals surface area (Å²) in [4.78, 5) is 55.4. The van der Waals surface area contributed by atoms with Crippen molar-refractivity contribution in [2.45, 2.75) is 163 Å². The van der Waals surface area contributed by atoms with E-state index in [4.69, 9.17) is 31.6 Å². The molecule has 0 spiro atoms. The molecule has 0 aliphatic heterocycles. The predicted molar refractivity (Wildman–Crippen MR) is 285 cm³/mol. The van der Waals surface area contributed by atoms with E-state index >= 15 is 0 Å². The molecular weight excluding hydrogens is 881 g/mol. The normalized spacial score (nSPS) is 12.7. The average Bonchev–Trinajstić information content (AvgIpc) is 3.38. The number of esters is 4. The molecule has 0 amide bonds. The van der Waals surface area contributed by atoms with Gasteiger partial charge in [0.1, 0.15) is 0 Å². The standard InChI is InChI=1S/C48H74O8S.C12H10/c1-9-17-21-34(13-5)30-53-45(49)40-26-25-38(29-42(40)47(51)55-32-36(15-7)23-19-11-3)39-27-28-41(46(50)54-31-35(14-6)22-18-10-2)44(57)43(39)48(52)56-33-37(16-8)24-20-12-4;1-3-7-11(8-4-1)12-9-5-2-6-10-12/h25-29,34-37,57H,9-24,30-33H2,1-8H3;1-10H. The summed E-state index contributed by atoms with van der Waals surface area (Å²) in [7, 11) is 0. The summed E-state index contributed by atoms with van der Waals surface area (Å²) in [6, 6.07) is 28.9. The van der Waals surface area contributed by atoms with E-state index in [1.165, 1.54) is 11.1 Å². The first-order valence-electron chi connectivity index (χ1n) is 26.3. The summed E-state index contributed by atoms with van der Waals surface area (Å²) in [5, 5.41) is 0. The first kappa shape index (κ1) is 58.4. The van der Waals surface area contributed by atoms with E-state index in [0.29, 0.717) is 11.1 Å². The lowest BCUT2D eigenvalue weighted by Gasteiger charge is -2.20. The molecule has 0 fully saturated rings. The third kappa shape index (κ3) is 19.8. The van der Waals surface area contributed by atoms with E-state index in [9.17, 15) is 19.2 Å². The van der Waals surface area contributed by atoms with Gasteiger partial charge in [-0.2, -0.15) is 0 Å². The molecule has 4 atom stereocenters. The molecule has 0 bridgehead atoms. The molecule has 9 heteroatoms. The molecule has 4 aromatic rings. The molecule has 0 aliphatic carbocycles. The minimum atomic E-state index is -0.637. The first-order chi connectivity index (χ1) is 33.5. The van der Waals surface area contributed by atoms with Crippen LogP contribution >= 0.6 is 12.6 Å². The van der Waals surface area contributed by atoms with Gasteiger partial charge in [0.05, 0.1) is 48.7 Å². The molecule has 0 aromatic heterocycles. The van der Waals surface area contributed by atoms with Crippen molar-refractivity contribution in [3.05, 3.63) is 113 Å². The Morgan fingerprint density at radius 2 is 0.754 bits per heavy atom.